The second-order valence-corrected chi connectivity index (χ2v) is 13.9. The molecule has 0 radical (unpaired) electrons. The maximum absolute atomic E-state index is 6.83. The van der Waals surface area contributed by atoms with Gasteiger partial charge in [-0.05, 0) is 47.9 Å². The van der Waals surface area contributed by atoms with E-state index in [1.54, 1.807) is 0 Å². The van der Waals surface area contributed by atoms with Crippen LogP contribution in [0.5, 0.6) is 0 Å². The van der Waals surface area contributed by atoms with E-state index in [1.807, 2.05) is 72.8 Å². The Morgan fingerprint density at radius 2 is 0.945 bits per heavy atom. The number of aromatic nitrogens is 4. The first-order valence-electron chi connectivity index (χ1n) is 18.4. The lowest BCUT2D eigenvalue weighted by Gasteiger charge is -2.12. The summed E-state index contributed by atoms with van der Waals surface area (Å²) in [6.45, 7) is 0. The van der Waals surface area contributed by atoms with E-state index in [0.717, 1.165) is 98.8 Å². The van der Waals surface area contributed by atoms with Crippen molar-refractivity contribution in [3.05, 3.63) is 170 Å². The zero-order valence-electron chi connectivity index (χ0n) is 29.3. The van der Waals surface area contributed by atoms with Crippen LogP contribution >= 0.6 is 0 Å². The second-order valence-electron chi connectivity index (χ2n) is 13.9. The molecule has 0 amide bonds. The maximum atomic E-state index is 6.83. The van der Waals surface area contributed by atoms with Crippen LogP contribution in [0.3, 0.4) is 0 Å². The van der Waals surface area contributed by atoms with Crippen LogP contribution in [0.15, 0.2) is 179 Å². The Morgan fingerprint density at radius 1 is 0.364 bits per heavy atom. The van der Waals surface area contributed by atoms with E-state index in [9.17, 15) is 0 Å². The number of furan rings is 2. The molecule has 4 heterocycles. The molecule has 0 atom stereocenters. The molecule has 8 aromatic carbocycles. The number of hydrogen-bond acceptors (Lipinski definition) is 5. The molecular formula is C49H28N4O2. The standard InChI is InChI=1S/C49H28N4O2/c1-3-14-29(15-4-1)47-50-48(30-16-5-2-6-17-30)52-49(51-47)36-28-37-43-39(23-13-25-42(43)55-45(37)33-20-8-7-18-31(33)36)53-38-22-11-9-21-35(38)44-40(53)27-26-34-32-19-10-12-24-41(32)54-46(34)44/h1-28H. The summed E-state index contributed by atoms with van der Waals surface area (Å²) < 4.78 is 15.8. The van der Waals surface area contributed by atoms with Gasteiger partial charge in [0.2, 0.25) is 0 Å². The molecule has 0 bridgehead atoms. The molecule has 12 aromatic rings. The Bertz CT molecular complexity index is 3430. The number of rotatable bonds is 4. The number of nitrogens with zero attached hydrogens (tertiary/aromatic N) is 4. The molecule has 6 nitrogen and oxygen atoms in total. The highest BCUT2D eigenvalue weighted by atomic mass is 16.3. The van der Waals surface area contributed by atoms with Crippen molar-refractivity contribution in [2.75, 3.05) is 0 Å². The van der Waals surface area contributed by atoms with Gasteiger partial charge in [0.15, 0.2) is 17.5 Å². The summed E-state index contributed by atoms with van der Waals surface area (Å²) in [7, 11) is 0. The lowest BCUT2D eigenvalue weighted by molar-refractivity contribution is 0.672. The van der Waals surface area contributed by atoms with E-state index in [2.05, 4.69) is 102 Å². The van der Waals surface area contributed by atoms with Gasteiger partial charge >= 0.3 is 0 Å². The van der Waals surface area contributed by atoms with Crippen molar-refractivity contribution >= 4 is 76.5 Å². The number of fused-ring (bicyclic) bond motifs is 12. The lowest BCUT2D eigenvalue weighted by atomic mass is 9.99. The molecule has 55 heavy (non-hydrogen) atoms. The van der Waals surface area contributed by atoms with Crippen LogP contribution in [0.4, 0.5) is 0 Å². The van der Waals surface area contributed by atoms with Crippen LogP contribution in [0.25, 0.3) is 116 Å². The molecule has 0 saturated carbocycles. The Labute approximate surface area is 313 Å². The van der Waals surface area contributed by atoms with E-state index in [0.29, 0.717) is 17.5 Å². The van der Waals surface area contributed by atoms with Gasteiger partial charge in [-0.25, -0.2) is 15.0 Å². The third kappa shape index (κ3) is 4.39. The fraction of sp³-hybridized carbons (Fsp3) is 0. The average Bonchev–Trinajstić information content (AvgIpc) is 3.94. The normalized spacial score (nSPS) is 12.0. The predicted octanol–water partition coefficient (Wildman–Crippen LogP) is 12.9. The number of benzene rings is 8. The zero-order chi connectivity index (χ0) is 36.0. The van der Waals surface area contributed by atoms with Crippen molar-refractivity contribution < 1.29 is 8.83 Å². The maximum Gasteiger partial charge on any atom is 0.164 e. The van der Waals surface area contributed by atoms with Crippen molar-refractivity contribution in [1.82, 2.24) is 19.5 Å². The zero-order valence-corrected chi connectivity index (χ0v) is 29.3. The third-order valence-corrected chi connectivity index (χ3v) is 10.8. The van der Waals surface area contributed by atoms with Gasteiger partial charge in [-0.15, -0.1) is 0 Å². The third-order valence-electron chi connectivity index (χ3n) is 10.8. The minimum absolute atomic E-state index is 0.599. The van der Waals surface area contributed by atoms with Crippen molar-refractivity contribution in [3.63, 3.8) is 0 Å². The molecule has 0 aliphatic rings. The van der Waals surface area contributed by atoms with Gasteiger partial charge in [0, 0.05) is 43.6 Å². The smallest absolute Gasteiger partial charge is 0.164 e. The Kier molecular flexibility index (Phi) is 6.24. The minimum atomic E-state index is 0.599. The van der Waals surface area contributed by atoms with Crippen LogP contribution in [0, 0.1) is 0 Å². The summed E-state index contributed by atoms with van der Waals surface area (Å²) in [5.41, 5.74) is 9.33. The van der Waals surface area contributed by atoms with Crippen molar-refractivity contribution in [1.29, 1.82) is 0 Å². The lowest BCUT2D eigenvalue weighted by Crippen LogP contribution is -2.00. The molecule has 0 aliphatic heterocycles. The number of para-hydroxylation sites is 2. The van der Waals surface area contributed by atoms with Crippen molar-refractivity contribution in [3.8, 4) is 39.9 Å². The molecule has 12 rings (SSSR count). The topological polar surface area (TPSA) is 69.9 Å². The average molecular weight is 705 g/mol. The largest absolute Gasteiger partial charge is 0.455 e. The minimum Gasteiger partial charge on any atom is -0.455 e. The highest BCUT2D eigenvalue weighted by Gasteiger charge is 2.23. The monoisotopic (exact) mass is 704 g/mol. The van der Waals surface area contributed by atoms with Gasteiger partial charge in [0.25, 0.3) is 0 Å². The molecule has 6 heteroatoms. The molecule has 0 saturated heterocycles. The van der Waals surface area contributed by atoms with Crippen LogP contribution in [-0.4, -0.2) is 19.5 Å². The van der Waals surface area contributed by atoms with Crippen LogP contribution < -0.4 is 0 Å². The van der Waals surface area contributed by atoms with Gasteiger partial charge < -0.3 is 13.4 Å². The molecule has 0 aliphatic carbocycles. The molecule has 256 valence electrons. The Balaban J connectivity index is 1.18. The number of hydrogen-bond donors (Lipinski definition) is 0. The van der Waals surface area contributed by atoms with E-state index < -0.39 is 0 Å². The Hall–Kier alpha value is -7.57. The molecule has 0 fully saturated rings. The Morgan fingerprint density at radius 3 is 1.71 bits per heavy atom. The fourth-order valence-electron chi connectivity index (χ4n) is 8.42. The summed E-state index contributed by atoms with van der Waals surface area (Å²) in [5.74, 6) is 1.84. The van der Waals surface area contributed by atoms with Crippen molar-refractivity contribution in [2.24, 2.45) is 0 Å². The first kappa shape index (κ1) is 29.9. The molecule has 0 spiro atoms. The SMILES string of the molecule is c1ccc(-c2nc(-c3ccccc3)nc(-c3cc4c(oc5cccc(-n6c7ccccc7c7c8oc9ccccc9c8ccc76)c54)c4ccccc34)n2)cc1. The summed E-state index contributed by atoms with van der Waals surface area (Å²) >= 11 is 0. The second kappa shape index (κ2) is 11.5. The van der Waals surface area contributed by atoms with E-state index in [-0.39, 0.29) is 0 Å². The summed E-state index contributed by atoms with van der Waals surface area (Å²) in [5, 5.41) is 8.43. The fourth-order valence-corrected chi connectivity index (χ4v) is 8.42. The van der Waals surface area contributed by atoms with Gasteiger partial charge in [-0.2, -0.15) is 0 Å². The molecule has 0 unspecified atom stereocenters. The van der Waals surface area contributed by atoms with Gasteiger partial charge in [0.05, 0.1) is 27.5 Å². The van der Waals surface area contributed by atoms with Crippen LogP contribution in [0.2, 0.25) is 0 Å². The van der Waals surface area contributed by atoms with Crippen LogP contribution in [0.1, 0.15) is 0 Å². The summed E-state index contributed by atoms with van der Waals surface area (Å²) in [6, 6.07) is 58.3. The summed E-state index contributed by atoms with van der Waals surface area (Å²) in [6.07, 6.45) is 0. The van der Waals surface area contributed by atoms with E-state index in [1.165, 1.54) is 0 Å². The molecule has 4 aromatic heterocycles. The van der Waals surface area contributed by atoms with Gasteiger partial charge in [0.1, 0.15) is 22.3 Å². The van der Waals surface area contributed by atoms with Gasteiger partial charge in [-0.3, -0.25) is 0 Å². The highest BCUT2D eigenvalue weighted by Crippen LogP contribution is 2.45. The highest BCUT2D eigenvalue weighted by molar-refractivity contribution is 6.25. The first-order valence-corrected chi connectivity index (χ1v) is 18.4. The van der Waals surface area contributed by atoms with E-state index >= 15 is 0 Å². The summed E-state index contributed by atoms with van der Waals surface area (Å²) in [4.78, 5) is 15.3. The molecule has 0 N–H and O–H groups in total. The van der Waals surface area contributed by atoms with Gasteiger partial charge in [-0.1, -0.05) is 127 Å². The van der Waals surface area contributed by atoms with Crippen LogP contribution in [-0.2, 0) is 0 Å². The van der Waals surface area contributed by atoms with E-state index in [4.69, 9.17) is 23.8 Å². The van der Waals surface area contributed by atoms with Crippen molar-refractivity contribution in [2.45, 2.75) is 0 Å². The first-order chi connectivity index (χ1) is 27.3. The molecular weight excluding hydrogens is 677 g/mol. The quantitative estimate of drug-likeness (QED) is 0.182. The predicted molar refractivity (Wildman–Crippen MR) is 223 cm³/mol.